The van der Waals surface area contributed by atoms with Gasteiger partial charge in [0.25, 0.3) is 0 Å². The van der Waals surface area contributed by atoms with E-state index >= 15 is 0 Å². The summed E-state index contributed by atoms with van der Waals surface area (Å²) in [4.78, 5) is 42.5. The fourth-order valence-corrected chi connectivity index (χ4v) is 3.65. The fourth-order valence-electron chi connectivity index (χ4n) is 3.48. The molecule has 0 aliphatic carbocycles. The van der Waals surface area contributed by atoms with Gasteiger partial charge in [0.1, 0.15) is 5.75 Å². The van der Waals surface area contributed by atoms with Crippen molar-refractivity contribution < 1.29 is 19.1 Å². The predicted octanol–water partition coefficient (Wildman–Crippen LogP) is 2.60. The van der Waals surface area contributed by atoms with Crippen molar-refractivity contribution in [1.82, 2.24) is 14.7 Å². The minimum atomic E-state index is -0.284. The summed E-state index contributed by atoms with van der Waals surface area (Å²) < 4.78 is 5.23. The van der Waals surface area contributed by atoms with Crippen molar-refractivity contribution in [2.45, 2.75) is 0 Å². The van der Waals surface area contributed by atoms with Gasteiger partial charge in [-0.3, -0.25) is 14.5 Å². The number of likely N-dealkylation sites (N-methyl/N-ethyl adjacent to an activating group) is 1. The van der Waals surface area contributed by atoms with Crippen LogP contribution in [0.15, 0.2) is 48.5 Å². The first kappa shape index (κ1) is 24.3. The lowest BCUT2D eigenvalue weighted by atomic mass is 10.3. The number of carbonyl (C=O) groups excluding carboxylic acids is 3. The number of hydrogen-bond donors (Lipinski definition) is 2. The van der Waals surface area contributed by atoms with E-state index in [1.54, 1.807) is 39.9 Å². The van der Waals surface area contributed by atoms with Gasteiger partial charge in [0.15, 0.2) is 0 Å². The Morgan fingerprint density at radius 3 is 2.30 bits per heavy atom. The molecule has 1 aliphatic heterocycles. The van der Waals surface area contributed by atoms with Crippen LogP contribution < -0.4 is 15.4 Å². The molecule has 1 heterocycles. The maximum Gasteiger partial charge on any atom is 0.321 e. The first-order valence-electron chi connectivity index (χ1n) is 10.6. The first-order valence-corrected chi connectivity index (χ1v) is 10.9. The molecule has 2 N–H and O–H groups in total. The Morgan fingerprint density at radius 2 is 1.64 bits per heavy atom. The van der Waals surface area contributed by atoms with Gasteiger partial charge in [-0.25, -0.2) is 4.79 Å². The van der Waals surface area contributed by atoms with E-state index in [9.17, 15) is 14.4 Å². The third-order valence-electron chi connectivity index (χ3n) is 5.20. The molecule has 0 radical (unpaired) electrons. The summed E-state index contributed by atoms with van der Waals surface area (Å²) in [5, 5.41) is 6.09. The Balaban J connectivity index is 1.42. The molecule has 1 fully saturated rings. The van der Waals surface area contributed by atoms with Crippen LogP contribution in [0.2, 0.25) is 5.02 Å². The van der Waals surface area contributed by atoms with Crippen molar-refractivity contribution in [1.29, 1.82) is 0 Å². The van der Waals surface area contributed by atoms with Crippen LogP contribution in [0, 0.1) is 0 Å². The van der Waals surface area contributed by atoms with Gasteiger partial charge in [0, 0.05) is 36.9 Å². The molecule has 2 aromatic carbocycles. The van der Waals surface area contributed by atoms with Crippen LogP contribution in [0.1, 0.15) is 0 Å². The number of carbonyl (C=O) groups is 3. The number of nitrogens with zero attached hydrogens (tertiary/aromatic N) is 3. The molecule has 2 aromatic rings. The van der Waals surface area contributed by atoms with Gasteiger partial charge in [-0.15, -0.1) is 0 Å². The third-order valence-corrected chi connectivity index (χ3v) is 5.43. The molecule has 0 aromatic heterocycles. The van der Waals surface area contributed by atoms with E-state index in [0.717, 1.165) is 5.69 Å². The molecule has 4 amide bonds. The second-order valence-electron chi connectivity index (χ2n) is 7.73. The standard InChI is InChI=1S/C23H28ClN5O4/c1-27(15-21(30)26-19-14-17(24)8-9-20(19)33-2)16-22(31)28-10-12-29(13-11-28)23(32)25-18-6-4-3-5-7-18/h3-9,14H,10-13,15-16H2,1-2H3,(H,25,32)(H,26,30). The molecule has 176 valence electrons. The molecule has 0 spiro atoms. The molecular formula is C23H28ClN5O4. The van der Waals surface area contributed by atoms with E-state index in [2.05, 4.69) is 10.6 Å². The zero-order valence-corrected chi connectivity index (χ0v) is 19.5. The van der Waals surface area contributed by atoms with Crippen molar-refractivity contribution in [2.24, 2.45) is 0 Å². The highest BCUT2D eigenvalue weighted by Gasteiger charge is 2.25. The van der Waals surface area contributed by atoms with Gasteiger partial charge in [-0.05, 0) is 37.4 Å². The molecule has 3 rings (SSSR count). The molecule has 0 atom stereocenters. The van der Waals surface area contributed by atoms with Crippen LogP contribution in [-0.2, 0) is 9.59 Å². The molecule has 9 nitrogen and oxygen atoms in total. The van der Waals surface area contributed by atoms with Gasteiger partial charge >= 0.3 is 6.03 Å². The van der Waals surface area contributed by atoms with Gasteiger partial charge in [-0.1, -0.05) is 29.8 Å². The summed E-state index contributed by atoms with van der Waals surface area (Å²) in [5.41, 5.74) is 1.20. The van der Waals surface area contributed by atoms with Crippen LogP contribution in [0.5, 0.6) is 5.75 Å². The Labute approximate surface area is 198 Å². The molecule has 10 heteroatoms. The van der Waals surface area contributed by atoms with E-state index in [0.29, 0.717) is 42.6 Å². The monoisotopic (exact) mass is 473 g/mol. The summed E-state index contributed by atoms with van der Waals surface area (Å²) >= 11 is 5.99. The summed E-state index contributed by atoms with van der Waals surface area (Å²) in [7, 11) is 3.21. The van der Waals surface area contributed by atoms with E-state index < -0.39 is 0 Å². The van der Waals surface area contributed by atoms with E-state index in [1.165, 1.54) is 7.11 Å². The molecule has 33 heavy (non-hydrogen) atoms. The second-order valence-corrected chi connectivity index (χ2v) is 8.17. The van der Waals surface area contributed by atoms with E-state index in [-0.39, 0.29) is 30.9 Å². The molecule has 1 saturated heterocycles. The van der Waals surface area contributed by atoms with Gasteiger partial charge in [0.05, 0.1) is 25.9 Å². The number of amides is 4. The number of halogens is 1. The van der Waals surface area contributed by atoms with Gasteiger partial charge in [0.2, 0.25) is 11.8 Å². The number of piperazine rings is 1. The minimum absolute atomic E-state index is 0.0286. The lowest BCUT2D eigenvalue weighted by molar-refractivity contribution is -0.133. The van der Waals surface area contributed by atoms with E-state index in [4.69, 9.17) is 16.3 Å². The number of benzene rings is 2. The van der Waals surface area contributed by atoms with Crippen molar-refractivity contribution in [3.63, 3.8) is 0 Å². The SMILES string of the molecule is COc1ccc(Cl)cc1NC(=O)CN(C)CC(=O)N1CCN(C(=O)Nc2ccccc2)CC1. The number of para-hydroxylation sites is 1. The molecular weight excluding hydrogens is 446 g/mol. The summed E-state index contributed by atoms with van der Waals surface area (Å²) in [5.74, 6) is 0.127. The average molecular weight is 474 g/mol. The van der Waals surface area contributed by atoms with Crippen molar-refractivity contribution in [2.75, 3.05) is 64.1 Å². The molecule has 1 aliphatic rings. The average Bonchev–Trinajstić information content (AvgIpc) is 2.79. The Bertz CT molecular complexity index is 980. The third kappa shape index (κ3) is 7.10. The normalized spacial score (nSPS) is 13.6. The molecule has 0 unspecified atom stereocenters. The second kappa shape index (κ2) is 11.5. The summed E-state index contributed by atoms with van der Waals surface area (Å²) in [6.07, 6.45) is 0. The Kier molecular flexibility index (Phi) is 8.51. The van der Waals surface area contributed by atoms with Crippen LogP contribution in [0.25, 0.3) is 0 Å². The maximum absolute atomic E-state index is 12.7. The van der Waals surface area contributed by atoms with Gasteiger partial charge in [-0.2, -0.15) is 0 Å². The number of rotatable bonds is 7. The highest BCUT2D eigenvalue weighted by atomic mass is 35.5. The smallest absolute Gasteiger partial charge is 0.321 e. The molecule has 0 saturated carbocycles. The number of hydrogen-bond acceptors (Lipinski definition) is 5. The lowest BCUT2D eigenvalue weighted by Crippen LogP contribution is -2.53. The van der Waals surface area contributed by atoms with Crippen LogP contribution >= 0.6 is 11.6 Å². The zero-order chi connectivity index (χ0) is 23.8. The number of methoxy groups -OCH3 is 1. The number of nitrogens with one attached hydrogen (secondary N) is 2. The number of urea groups is 1. The lowest BCUT2D eigenvalue weighted by Gasteiger charge is -2.35. The maximum atomic E-state index is 12.7. The quantitative estimate of drug-likeness (QED) is 0.644. The van der Waals surface area contributed by atoms with E-state index in [1.807, 2.05) is 30.3 Å². The largest absolute Gasteiger partial charge is 0.495 e. The van der Waals surface area contributed by atoms with Crippen LogP contribution in [0.3, 0.4) is 0 Å². The summed E-state index contributed by atoms with van der Waals surface area (Å²) in [6.45, 7) is 1.91. The molecule has 0 bridgehead atoms. The topological polar surface area (TPSA) is 94.2 Å². The van der Waals surface area contributed by atoms with Crippen LogP contribution in [-0.4, -0.2) is 86.0 Å². The highest BCUT2D eigenvalue weighted by molar-refractivity contribution is 6.31. The summed E-state index contributed by atoms with van der Waals surface area (Å²) in [6, 6.07) is 14.0. The Hall–Kier alpha value is -3.30. The van der Waals surface area contributed by atoms with Gasteiger partial charge < -0.3 is 25.2 Å². The van der Waals surface area contributed by atoms with Crippen molar-refractivity contribution in [3.8, 4) is 5.75 Å². The number of ether oxygens (including phenoxy) is 1. The minimum Gasteiger partial charge on any atom is -0.495 e. The zero-order valence-electron chi connectivity index (χ0n) is 18.7. The van der Waals surface area contributed by atoms with Crippen molar-refractivity contribution >= 4 is 40.8 Å². The van der Waals surface area contributed by atoms with Crippen molar-refractivity contribution in [3.05, 3.63) is 53.6 Å². The fraction of sp³-hybridized carbons (Fsp3) is 0.348. The Morgan fingerprint density at radius 1 is 0.970 bits per heavy atom. The highest BCUT2D eigenvalue weighted by Crippen LogP contribution is 2.27. The van der Waals surface area contributed by atoms with Crippen LogP contribution in [0.4, 0.5) is 16.2 Å². The number of anilines is 2. The predicted molar refractivity (Wildman–Crippen MR) is 128 cm³/mol. The first-order chi connectivity index (χ1) is 15.9.